The Hall–Kier alpha value is -3.43. The standard InChI is InChI=1S/C25H22FN3O3S2/c1-14-5-10-21(15(2)11-14)29(17(4)30)25-28-20(13-33-25)12-32-24(31)22-16(3)27-23(34-22)18-6-8-19(26)9-7-18/h5-11,13H,12H2,1-4H3. The molecule has 0 atom stereocenters. The van der Waals surface area contributed by atoms with Gasteiger partial charge >= 0.3 is 5.97 Å². The maximum absolute atomic E-state index is 13.2. The molecule has 174 valence electrons. The van der Waals surface area contributed by atoms with E-state index >= 15 is 0 Å². The SMILES string of the molecule is CC(=O)N(c1nc(COC(=O)c2sc(-c3ccc(F)cc3)nc2C)cs1)c1ccc(C)cc1C. The molecule has 4 aromatic rings. The van der Waals surface area contributed by atoms with E-state index in [0.29, 0.717) is 26.4 Å². The first-order valence-electron chi connectivity index (χ1n) is 10.5. The van der Waals surface area contributed by atoms with Gasteiger partial charge in [0, 0.05) is 17.9 Å². The Morgan fingerprint density at radius 2 is 1.79 bits per heavy atom. The number of thiazole rings is 2. The van der Waals surface area contributed by atoms with Gasteiger partial charge in [-0.1, -0.05) is 17.7 Å². The first-order chi connectivity index (χ1) is 16.2. The predicted molar refractivity (Wildman–Crippen MR) is 132 cm³/mol. The second kappa shape index (κ2) is 9.82. The van der Waals surface area contributed by atoms with Crippen LogP contribution in [0.15, 0.2) is 47.8 Å². The molecular formula is C25H22FN3O3S2. The van der Waals surface area contributed by atoms with E-state index in [9.17, 15) is 14.0 Å². The van der Waals surface area contributed by atoms with Crippen molar-refractivity contribution in [1.29, 1.82) is 0 Å². The zero-order valence-electron chi connectivity index (χ0n) is 19.1. The number of hydrogen-bond donors (Lipinski definition) is 0. The van der Waals surface area contributed by atoms with E-state index in [1.807, 2.05) is 32.0 Å². The van der Waals surface area contributed by atoms with Gasteiger partial charge < -0.3 is 4.74 Å². The molecule has 0 saturated heterocycles. The number of aromatic nitrogens is 2. The van der Waals surface area contributed by atoms with Gasteiger partial charge in [-0.05, 0) is 56.7 Å². The number of anilines is 2. The van der Waals surface area contributed by atoms with Gasteiger partial charge in [-0.15, -0.1) is 22.7 Å². The monoisotopic (exact) mass is 495 g/mol. The van der Waals surface area contributed by atoms with Crippen molar-refractivity contribution in [2.75, 3.05) is 4.90 Å². The van der Waals surface area contributed by atoms with Gasteiger partial charge in [0.05, 0.1) is 17.1 Å². The topological polar surface area (TPSA) is 72.4 Å². The summed E-state index contributed by atoms with van der Waals surface area (Å²) >= 11 is 2.51. The van der Waals surface area contributed by atoms with Crippen LogP contribution in [0.25, 0.3) is 10.6 Å². The first kappa shape index (κ1) is 23.7. The summed E-state index contributed by atoms with van der Waals surface area (Å²) in [6.07, 6.45) is 0. The fourth-order valence-corrected chi connectivity index (χ4v) is 5.27. The number of halogens is 1. The molecule has 2 heterocycles. The van der Waals surface area contributed by atoms with Crippen molar-refractivity contribution in [2.45, 2.75) is 34.3 Å². The van der Waals surface area contributed by atoms with E-state index in [-0.39, 0.29) is 18.3 Å². The Bertz CT molecular complexity index is 1360. The fraction of sp³-hybridized carbons (Fsp3) is 0.200. The molecule has 0 aliphatic heterocycles. The highest BCUT2D eigenvalue weighted by Crippen LogP contribution is 2.32. The molecule has 1 amide bonds. The van der Waals surface area contributed by atoms with Gasteiger partial charge in [-0.25, -0.2) is 19.2 Å². The number of esters is 1. The number of carbonyl (C=O) groups is 2. The lowest BCUT2D eigenvalue weighted by atomic mass is 10.1. The van der Waals surface area contributed by atoms with E-state index in [1.54, 1.807) is 29.3 Å². The zero-order valence-corrected chi connectivity index (χ0v) is 20.7. The number of amides is 1. The van der Waals surface area contributed by atoms with Crippen molar-refractivity contribution in [3.05, 3.63) is 81.1 Å². The summed E-state index contributed by atoms with van der Waals surface area (Å²) in [4.78, 5) is 36.0. The molecular weight excluding hydrogens is 473 g/mol. The van der Waals surface area contributed by atoms with E-state index in [2.05, 4.69) is 9.97 Å². The van der Waals surface area contributed by atoms with E-state index in [1.165, 1.54) is 41.7 Å². The van der Waals surface area contributed by atoms with E-state index in [4.69, 9.17) is 4.74 Å². The molecule has 0 bridgehead atoms. The minimum absolute atomic E-state index is 0.0306. The van der Waals surface area contributed by atoms with Crippen LogP contribution in [-0.4, -0.2) is 21.8 Å². The Morgan fingerprint density at radius 1 is 1.06 bits per heavy atom. The van der Waals surface area contributed by atoms with Crippen molar-refractivity contribution >= 4 is 45.4 Å². The van der Waals surface area contributed by atoms with Crippen LogP contribution in [0.2, 0.25) is 0 Å². The van der Waals surface area contributed by atoms with Gasteiger partial charge in [0.25, 0.3) is 0 Å². The molecule has 4 rings (SSSR count). The molecule has 0 radical (unpaired) electrons. The molecule has 0 saturated carbocycles. The maximum atomic E-state index is 13.2. The van der Waals surface area contributed by atoms with Crippen LogP contribution >= 0.6 is 22.7 Å². The maximum Gasteiger partial charge on any atom is 0.350 e. The summed E-state index contributed by atoms with van der Waals surface area (Å²) in [5.41, 5.74) is 4.67. The third-order valence-corrected chi connectivity index (χ3v) is 7.12. The molecule has 0 fully saturated rings. The third kappa shape index (κ3) is 5.05. The number of ether oxygens (including phenoxy) is 1. The van der Waals surface area contributed by atoms with Crippen LogP contribution < -0.4 is 4.90 Å². The molecule has 0 aliphatic carbocycles. The average molecular weight is 496 g/mol. The van der Waals surface area contributed by atoms with Crippen molar-refractivity contribution in [3.8, 4) is 10.6 Å². The van der Waals surface area contributed by atoms with Crippen molar-refractivity contribution < 1.29 is 18.7 Å². The highest BCUT2D eigenvalue weighted by Gasteiger charge is 2.21. The summed E-state index contributed by atoms with van der Waals surface area (Å²) in [6, 6.07) is 11.8. The Kier molecular flexibility index (Phi) is 6.85. The Balaban J connectivity index is 1.48. The normalized spacial score (nSPS) is 10.9. The van der Waals surface area contributed by atoms with Gasteiger partial charge in [-0.3, -0.25) is 9.69 Å². The minimum Gasteiger partial charge on any atom is -0.455 e. The summed E-state index contributed by atoms with van der Waals surface area (Å²) in [5.74, 6) is -0.991. The summed E-state index contributed by atoms with van der Waals surface area (Å²) in [5, 5.41) is 2.90. The van der Waals surface area contributed by atoms with E-state index < -0.39 is 5.97 Å². The molecule has 0 N–H and O–H groups in total. The number of nitrogens with zero attached hydrogens (tertiary/aromatic N) is 3. The number of aryl methyl sites for hydroxylation is 3. The van der Waals surface area contributed by atoms with Gasteiger partial charge in [-0.2, -0.15) is 0 Å². The zero-order chi connectivity index (χ0) is 24.4. The summed E-state index contributed by atoms with van der Waals surface area (Å²) in [7, 11) is 0. The number of rotatable bonds is 6. The smallest absolute Gasteiger partial charge is 0.350 e. The second-order valence-corrected chi connectivity index (χ2v) is 9.62. The highest BCUT2D eigenvalue weighted by molar-refractivity contribution is 7.17. The third-order valence-electron chi connectivity index (χ3n) is 5.06. The lowest BCUT2D eigenvalue weighted by molar-refractivity contribution is -0.115. The molecule has 2 aromatic heterocycles. The minimum atomic E-state index is -0.504. The Labute approximate surface area is 204 Å². The quantitative estimate of drug-likeness (QED) is 0.291. The second-order valence-electron chi connectivity index (χ2n) is 7.78. The van der Waals surface area contributed by atoms with Crippen molar-refractivity contribution in [3.63, 3.8) is 0 Å². The number of hydrogen-bond acceptors (Lipinski definition) is 7. The van der Waals surface area contributed by atoms with Crippen LogP contribution in [0.1, 0.15) is 39.1 Å². The van der Waals surface area contributed by atoms with Crippen LogP contribution in [0, 0.1) is 26.6 Å². The molecule has 0 spiro atoms. The lowest BCUT2D eigenvalue weighted by Gasteiger charge is -2.20. The molecule has 9 heteroatoms. The molecule has 6 nitrogen and oxygen atoms in total. The van der Waals surface area contributed by atoms with Crippen LogP contribution in [-0.2, 0) is 16.1 Å². The number of benzene rings is 2. The number of carbonyl (C=O) groups excluding carboxylic acids is 2. The molecule has 34 heavy (non-hydrogen) atoms. The highest BCUT2D eigenvalue weighted by atomic mass is 32.1. The van der Waals surface area contributed by atoms with Crippen molar-refractivity contribution in [1.82, 2.24) is 9.97 Å². The van der Waals surface area contributed by atoms with Gasteiger partial charge in [0.1, 0.15) is 22.3 Å². The molecule has 2 aromatic carbocycles. The van der Waals surface area contributed by atoms with Gasteiger partial charge in [0.2, 0.25) is 5.91 Å². The summed E-state index contributed by atoms with van der Waals surface area (Å²) < 4.78 is 18.7. The van der Waals surface area contributed by atoms with E-state index in [0.717, 1.165) is 22.4 Å². The largest absolute Gasteiger partial charge is 0.455 e. The predicted octanol–water partition coefficient (Wildman–Crippen LogP) is 6.37. The lowest BCUT2D eigenvalue weighted by Crippen LogP contribution is -2.23. The van der Waals surface area contributed by atoms with Crippen LogP contribution in [0.3, 0.4) is 0 Å². The average Bonchev–Trinajstić information content (AvgIpc) is 3.41. The van der Waals surface area contributed by atoms with Crippen molar-refractivity contribution in [2.24, 2.45) is 0 Å². The first-order valence-corrected chi connectivity index (χ1v) is 12.2. The van der Waals surface area contributed by atoms with Gasteiger partial charge in [0.15, 0.2) is 5.13 Å². The van der Waals surface area contributed by atoms with Crippen LogP contribution in [0.5, 0.6) is 0 Å². The molecule has 0 aliphatic rings. The fourth-order valence-electron chi connectivity index (χ4n) is 3.44. The summed E-state index contributed by atoms with van der Waals surface area (Å²) in [6.45, 7) is 7.14. The Morgan fingerprint density at radius 3 is 2.47 bits per heavy atom. The van der Waals surface area contributed by atoms with Crippen LogP contribution in [0.4, 0.5) is 15.2 Å². The molecule has 0 unspecified atom stereocenters.